The van der Waals surface area contributed by atoms with Gasteiger partial charge in [-0.1, -0.05) is 5.16 Å². The largest absolute Gasteiger partial charge is 0.481 e. The summed E-state index contributed by atoms with van der Waals surface area (Å²) in [6.45, 7) is 3.78. The normalized spacial score (nSPS) is 18.1. The summed E-state index contributed by atoms with van der Waals surface area (Å²) >= 11 is 0. The first-order chi connectivity index (χ1) is 9.31. The molecule has 1 aromatic heterocycles. The molecule has 0 atom stereocenters. The molecule has 0 unspecified atom stereocenters. The molecule has 1 aromatic rings. The minimum Gasteiger partial charge on any atom is -0.481 e. The number of aryl methyl sites for hydroxylation is 1. The monoisotopic (exact) mass is 303 g/mol. The van der Waals surface area contributed by atoms with Crippen LogP contribution in [0.2, 0.25) is 0 Å². The highest BCUT2D eigenvalue weighted by atomic mass is 32.2. The van der Waals surface area contributed by atoms with Crippen LogP contribution in [0, 0.1) is 19.8 Å². The van der Waals surface area contributed by atoms with Gasteiger partial charge >= 0.3 is 16.2 Å². The molecule has 0 bridgehead atoms. The van der Waals surface area contributed by atoms with E-state index in [-0.39, 0.29) is 19.0 Å². The molecule has 112 valence electrons. The maximum Gasteiger partial charge on any atom is 0.306 e. The van der Waals surface area contributed by atoms with Gasteiger partial charge in [-0.15, -0.1) is 0 Å². The molecule has 2 N–H and O–H groups in total. The predicted molar refractivity (Wildman–Crippen MR) is 70.5 cm³/mol. The van der Waals surface area contributed by atoms with Crippen LogP contribution < -0.4 is 4.72 Å². The molecule has 1 fully saturated rings. The summed E-state index contributed by atoms with van der Waals surface area (Å²) in [6, 6.07) is 0. The highest BCUT2D eigenvalue weighted by Gasteiger charge is 2.31. The molecule has 0 amide bonds. The second kappa shape index (κ2) is 5.41. The minimum absolute atomic E-state index is 0.0999. The molecule has 1 saturated heterocycles. The Balaban J connectivity index is 2.05. The third kappa shape index (κ3) is 2.93. The maximum absolute atomic E-state index is 12.2. The Labute approximate surface area is 116 Å². The van der Waals surface area contributed by atoms with E-state index in [1.165, 1.54) is 4.31 Å². The molecule has 0 saturated carbocycles. The zero-order valence-electron chi connectivity index (χ0n) is 11.3. The van der Waals surface area contributed by atoms with Gasteiger partial charge in [0.05, 0.1) is 11.6 Å². The molecule has 1 aliphatic heterocycles. The summed E-state index contributed by atoms with van der Waals surface area (Å²) in [4.78, 5) is 10.8. The predicted octanol–water partition coefficient (Wildman–Crippen LogP) is 0.745. The van der Waals surface area contributed by atoms with Gasteiger partial charge in [-0.2, -0.15) is 12.7 Å². The summed E-state index contributed by atoms with van der Waals surface area (Å²) < 4.78 is 32.8. The van der Waals surface area contributed by atoms with E-state index in [4.69, 9.17) is 9.63 Å². The summed E-state index contributed by atoms with van der Waals surface area (Å²) in [5, 5.41) is 12.6. The van der Waals surface area contributed by atoms with Crippen molar-refractivity contribution in [1.82, 2.24) is 9.46 Å². The average Bonchev–Trinajstić information content (AvgIpc) is 2.70. The zero-order chi connectivity index (χ0) is 14.9. The lowest BCUT2D eigenvalue weighted by molar-refractivity contribution is -0.142. The standard InChI is InChI=1S/C11H17N3O5S/c1-7-8(2)12-19-10(7)13-20(17,18)14-5-3-9(4-6-14)11(15)16/h9,13H,3-6H2,1-2H3,(H,15,16). The first-order valence-corrected chi connectivity index (χ1v) is 7.69. The van der Waals surface area contributed by atoms with Gasteiger partial charge in [-0.3, -0.25) is 4.79 Å². The topological polar surface area (TPSA) is 113 Å². The Kier molecular flexibility index (Phi) is 4.00. The van der Waals surface area contributed by atoms with Crippen molar-refractivity contribution in [3.8, 4) is 0 Å². The van der Waals surface area contributed by atoms with Gasteiger partial charge in [0.15, 0.2) is 0 Å². The number of anilines is 1. The fourth-order valence-corrected chi connectivity index (χ4v) is 3.28. The second-order valence-electron chi connectivity index (χ2n) is 4.84. The number of hydrogen-bond acceptors (Lipinski definition) is 5. The summed E-state index contributed by atoms with van der Waals surface area (Å²) in [5.74, 6) is -1.25. The van der Waals surface area contributed by atoms with Gasteiger partial charge in [-0.25, -0.2) is 4.72 Å². The van der Waals surface area contributed by atoms with Crippen LogP contribution in [0.25, 0.3) is 0 Å². The van der Waals surface area contributed by atoms with Crippen LogP contribution in [0.4, 0.5) is 5.88 Å². The van der Waals surface area contributed by atoms with Crippen LogP contribution in [0.3, 0.4) is 0 Å². The summed E-state index contributed by atoms with van der Waals surface area (Å²) in [5.41, 5.74) is 1.25. The lowest BCUT2D eigenvalue weighted by Crippen LogP contribution is -2.42. The van der Waals surface area contributed by atoms with E-state index >= 15 is 0 Å². The Bertz CT molecular complexity index is 602. The molecular weight excluding hydrogens is 286 g/mol. The zero-order valence-corrected chi connectivity index (χ0v) is 12.1. The van der Waals surface area contributed by atoms with Crippen molar-refractivity contribution in [2.45, 2.75) is 26.7 Å². The van der Waals surface area contributed by atoms with Crippen molar-refractivity contribution in [3.63, 3.8) is 0 Å². The third-order valence-corrected chi connectivity index (χ3v) is 5.01. The lowest BCUT2D eigenvalue weighted by Gasteiger charge is -2.28. The fraction of sp³-hybridized carbons (Fsp3) is 0.636. The number of aromatic nitrogens is 1. The molecule has 2 rings (SSSR count). The van der Waals surface area contributed by atoms with Crippen LogP contribution >= 0.6 is 0 Å². The van der Waals surface area contributed by atoms with E-state index in [0.717, 1.165) is 0 Å². The third-order valence-electron chi connectivity index (χ3n) is 3.52. The number of hydrogen-bond donors (Lipinski definition) is 2. The number of carbonyl (C=O) groups is 1. The molecule has 0 aliphatic carbocycles. The summed E-state index contributed by atoms with van der Waals surface area (Å²) in [7, 11) is -3.74. The van der Waals surface area contributed by atoms with Crippen molar-refractivity contribution in [2.24, 2.45) is 5.92 Å². The molecule has 0 spiro atoms. The molecule has 1 aliphatic rings. The SMILES string of the molecule is Cc1noc(NS(=O)(=O)N2CCC(C(=O)O)CC2)c1C. The molecule has 8 nitrogen and oxygen atoms in total. The highest BCUT2D eigenvalue weighted by molar-refractivity contribution is 7.90. The van der Waals surface area contributed by atoms with Crippen molar-refractivity contribution in [2.75, 3.05) is 17.8 Å². The van der Waals surface area contributed by atoms with Crippen LogP contribution in [-0.2, 0) is 15.0 Å². The van der Waals surface area contributed by atoms with Gasteiger partial charge in [0.1, 0.15) is 0 Å². The maximum atomic E-state index is 12.2. The minimum atomic E-state index is -3.74. The van der Waals surface area contributed by atoms with Crippen molar-refractivity contribution in [3.05, 3.63) is 11.3 Å². The van der Waals surface area contributed by atoms with Crippen molar-refractivity contribution < 1.29 is 22.8 Å². The van der Waals surface area contributed by atoms with Gasteiger partial charge in [0, 0.05) is 18.7 Å². The van der Waals surface area contributed by atoms with Gasteiger partial charge in [-0.05, 0) is 26.7 Å². The number of carboxylic acids is 1. The van der Waals surface area contributed by atoms with E-state index in [2.05, 4.69) is 9.88 Å². The second-order valence-corrected chi connectivity index (χ2v) is 6.51. The quantitative estimate of drug-likeness (QED) is 0.848. The first kappa shape index (κ1) is 14.8. The number of aliphatic carboxylic acids is 1. The number of rotatable bonds is 4. The Morgan fingerprint density at radius 2 is 2.00 bits per heavy atom. The van der Waals surface area contributed by atoms with E-state index in [9.17, 15) is 13.2 Å². The van der Waals surface area contributed by atoms with E-state index in [1.54, 1.807) is 13.8 Å². The number of nitrogens with zero attached hydrogens (tertiary/aromatic N) is 2. The van der Waals surface area contributed by atoms with Crippen LogP contribution in [0.15, 0.2) is 4.52 Å². The summed E-state index contributed by atoms with van der Waals surface area (Å²) in [6.07, 6.45) is 0.620. The lowest BCUT2D eigenvalue weighted by atomic mass is 9.99. The van der Waals surface area contributed by atoms with E-state index < -0.39 is 22.1 Å². The molecule has 9 heteroatoms. The van der Waals surface area contributed by atoms with Crippen molar-refractivity contribution in [1.29, 1.82) is 0 Å². The van der Waals surface area contributed by atoms with Gasteiger partial charge in [0.25, 0.3) is 0 Å². The van der Waals surface area contributed by atoms with E-state index in [1.807, 2.05) is 0 Å². The van der Waals surface area contributed by atoms with Crippen LogP contribution in [-0.4, -0.2) is 42.0 Å². The Morgan fingerprint density at radius 1 is 1.40 bits per heavy atom. The molecule has 20 heavy (non-hydrogen) atoms. The molecule has 0 aromatic carbocycles. The first-order valence-electron chi connectivity index (χ1n) is 6.25. The van der Waals surface area contributed by atoms with Crippen molar-refractivity contribution >= 4 is 22.1 Å². The molecule has 0 radical (unpaired) electrons. The number of piperidine rings is 1. The number of nitrogens with one attached hydrogen (secondary N) is 1. The van der Waals surface area contributed by atoms with Crippen LogP contribution in [0.5, 0.6) is 0 Å². The van der Waals surface area contributed by atoms with Gasteiger partial charge < -0.3 is 9.63 Å². The Morgan fingerprint density at radius 3 is 2.45 bits per heavy atom. The Hall–Kier alpha value is -1.61. The molecular formula is C11H17N3O5S. The van der Waals surface area contributed by atoms with E-state index in [0.29, 0.717) is 24.1 Å². The van der Waals surface area contributed by atoms with Gasteiger partial charge in [0.2, 0.25) is 5.88 Å². The van der Waals surface area contributed by atoms with Crippen LogP contribution in [0.1, 0.15) is 24.1 Å². The fourth-order valence-electron chi connectivity index (χ4n) is 2.04. The highest BCUT2D eigenvalue weighted by Crippen LogP contribution is 2.23. The smallest absolute Gasteiger partial charge is 0.306 e. The average molecular weight is 303 g/mol. The number of carboxylic acid groups (broad SMARTS) is 1. The molecule has 2 heterocycles.